The van der Waals surface area contributed by atoms with Crippen LogP contribution in [0.3, 0.4) is 0 Å². The third-order valence-corrected chi connectivity index (χ3v) is 3.25. The summed E-state index contributed by atoms with van der Waals surface area (Å²) in [4.78, 5) is 1.16. The van der Waals surface area contributed by atoms with Crippen molar-refractivity contribution in [2.24, 2.45) is 0 Å². The van der Waals surface area contributed by atoms with Crippen molar-refractivity contribution in [3.05, 3.63) is 23.8 Å². The predicted molar refractivity (Wildman–Crippen MR) is 62.6 cm³/mol. The number of hydrogen-bond acceptors (Lipinski definition) is 3. The first kappa shape index (κ1) is 11.4. The number of aryl methyl sites for hydroxylation is 1. The molecule has 3 N–H and O–H groups in total. The molecule has 78 valence electrons. The van der Waals surface area contributed by atoms with Gasteiger partial charge in [0.25, 0.3) is 0 Å². The third-order valence-electron chi connectivity index (χ3n) is 2.09. The van der Waals surface area contributed by atoms with Crippen LogP contribution >= 0.6 is 11.8 Å². The van der Waals surface area contributed by atoms with E-state index in [4.69, 9.17) is 10.8 Å². The average molecular weight is 211 g/mol. The number of aliphatic hydroxyl groups excluding tert-OH is 1. The van der Waals surface area contributed by atoms with Crippen molar-refractivity contribution in [1.82, 2.24) is 0 Å². The molecule has 0 radical (unpaired) electrons. The number of nitrogens with two attached hydrogens (primary N) is 1. The predicted octanol–water partition coefficient (Wildman–Crippen LogP) is 2.44. The number of aliphatic hydroxyl groups is 1. The van der Waals surface area contributed by atoms with Crippen molar-refractivity contribution in [3.63, 3.8) is 0 Å². The van der Waals surface area contributed by atoms with Gasteiger partial charge in [-0.05, 0) is 37.1 Å². The number of benzene rings is 1. The van der Waals surface area contributed by atoms with E-state index in [2.05, 4.69) is 0 Å². The largest absolute Gasteiger partial charge is 0.398 e. The van der Waals surface area contributed by atoms with Crippen molar-refractivity contribution >= 4 is 17.4 Å². The lowest BCUT2D eigenvalue weighted by atomic mass is 10.2. The maximum atomic E-state index is 8.63. The van der Waals surface area contributed by atoms with Crippen molar-refractivity contribution in [2.75, 3.05) is 18.1 Å². The molecule has 3 heteroatoms. The molecule has 0 bridgehead atoms. The van der Waals surface area contributed by atoms with Crippen molar-refractivity contribution in [1.29, 1.82) is 0 Å². The molecule has 0 saturated heterocycles. The molecule has 0 spiro atoms. The minimum Gasteiger partial charge on any atom is -0.398 e. The van der Waals surface area contributed by atoms with Gasteiger partial charge in [0, 0.05) is 17.2 Å². The van der Waals surface area contributed by atoms with Crippen LogP contribution in [0, 0.1) is 6.92 Å². The SMILES string of the molecule is Cc1cccc(SCCCCO)c1N. The van der Waals surface area contributed by atoms with Gasteiger partial charge in [-0.3, -0.25) is 0 Å². The molecule has 0 aromatic heterocycles. The monoisotopic (exact) mass is 211 g/mol. The lowest BCUT2D eigenvalue weighted by Gasteiger charge is -2.07. The maximum Gasteiger partial charge on any atom is 0.0481 e. The van der Waals surface area contributed by atoms with E-state index in [-0.39, 0.29) is 6.61 Å². The fraction of sp³-hybridized carbons (Fsp3) is 0.455. The lowest BCUT2D eigenvalue weighted by Crippen LogP contribution is -1.93. The molecule has 1 rings (SSSR count). The first-order chi connectivity index (χ1) is 6.75. The molecule has 14 heavy (non-hydrogen) atoms. The Labute approximate surface area is 89.5 Å². The Morgan fingerprint density at radius 2 is 2.14 bits per heavy atom. The molecule has 0 unspecified atom stereocenters. The smallest absolute Gasteiger partial charge is 0.0481 e. The second-order valence-electron chi connectivity index (χ2n) is 3.27. The molecule has 1 aromatic rings. The Kier molecular flexibility index (Phi) is 4.84. The van der Waals surface area contributed by atoms with Crippen LogP contribution in [-0.2, 0) is 0 Å². The normalized spacial score (nSPS) is 10.4. The highest BCUT2D eigenvalue weighted by atomic mass is 32.2. The standard InChI is InChI=1S/C11H17NOS/c1-9-5-4-6-10(11(9)12)14-8-3-2-7-13/h4-6,13H,2-3,7-8,12H2,1H3. The number of thioether (sulfide) groups is 1. The second kappa shape index (κ2) is 5.94. The van der Waals surface area contributed by atoms with Gasteiger partial charge in [0.1, 0.15) is 0 Å². The van der Waals surface area contributed by atoms with Crippen LogP contribution in [-0.4, -0.2) is 17.5 Å². The summed E-state index contributed by atoms with van der Waals surface area (Å²) < 4.78 is 0. The quantitative estimate of drug-likeness (QED) is 0.447. The van der Waals surface area contributed by atoms with E-state index in [0.717, 1.165) is 34.7 Å². The summed E-state index contributed by atoms with van der Waals surface area (Å²) in [6, 6.07) is 6.10. The molecular weight excluding hydrogens is 194 g/mol. The van der Waals surface area contributed by atoms with E-state index >= 15 is 0 Å². The van der Waals surface area contributed by atoms with Crippen LogP contribution in [0.15, 0.2) is 23.1 Å². The Bertz CT molecular complexity index is 289. The lowest BCUT2D eigenvalue weighted by molar-refractivity contribution is 0.287. The van der Waals surface area contributed by atoms with Crippen molar-refractivity contribution < 1.29 is 5.11 Å². The third kappa shape index (κ3) is 3.24. The first-order valence-corrected chi connectivity index (χ1v) is 5.83. The van der Waals surface area contributed by atoms with Gasteiger partial charge in [0.2, 0.25) is 0 Å². The van der Waals surface area contributed by atoms with Crippen LogP contribution in [0.5, 0.6) is 0 Å². The summed E-state index contributed by atoms with van der Waals surface area (Å²) in [7, 11) is 0. The molecule has 0 saturated carbocycles. The minimum atomic E-state index is 0.282. The zero-order valence-electron chi connectivity index (χ0n) is 8.49. The van der Waals surface area contributed by atoms with Crippen LogP contribution in [0.1, 0.15) is 18.4 Å². The van der Waals surface area contributed by atoms with Crippen LogP contribution < -0.4 is 5.73 Å². The molecule has 0 amide bonds. The molecule has 0 aliphatic carbocycles. The molecule has 0 aliphatic heterocycles. The topological polar surface area (TPSA) is 46.2 Å². The van der Waals surface area contributed by atoms with Crippen LogP contribution in [0.25, 0.3) is 0 Å². The highest BCUT2D eigenvalue weighted by molar-refractivity contribution is 7.99. The van der Waals surface area contributed by atoms with Crippen LogP contribution in [0.2, 0.25) is 0 Å². The Hall–Kier alpha value is -0.670. The van der Waals surface area contributed by atoms with E-state index in [1.54, 1.807) is 11.8 Å². The van der Waals surface area contributed by atoms with Gasteiger partial charge in [0.15, 0.2) is 0 Å². The highest BCUT2D eigenvalue weighted by Gasteiger charge is 2.01. The van der Waals surface area contributed by atoms with E-state index in [1.807, 2.05) is 25.1 Å². The summed E-state index contributed by atoms with van der Waals surface area (Å²) in [6.07, 6.45) is 1.91. The van der Waals surface area contributed by atoms with Gasteiger partial charge in [-0.2, -0.15) is 0 Å². The van der Waals surface area contributed by atoms with Crippen molar-refractivity contribution in [3.8, 4) is 0 Å². The van der Waals surface area contributed by atoms with E-state index in [0.29, 0.717) is 0 Å². The van der Waals surface area contributed by atoms with E-state index in [9.17, 15) is 0 Å². The van der Waals surface area contributed by atoms with Gasteiger partial charge in [0.05, 0.1) is 0 Å². The number of unbranched alkanes of at least 4 members (excludes halogenated alkanes) is 1. The van der Waals surface area contributed by atoms with Gasteiger partial charge in [-0.15, -0.1) is 11.8 Å². The highest BCUT2D eigenvalue weighted by Crippen LogP contribution is 2.27. The van der Waals surface area contributed by atoms with Gasteiger partial charge in [-0.1, -0.05) is 12.1 Å². The molecular formula is C11H17NOS. The zero-order chi connectivity index (χ0) is 10.4. The number of para-hydroxylation sites is 1. The molecule has 1 aromatic carbocycles. The van der Waals surface area contributed by atoms with Gasteiger partial charge >= 0.3 is 0 Å². The number of anilines is 1. The first-order valence-electron chi connectivity index (χ1n) is 4.84. The van der Waals surface area contributed by atoms with Crippen molar-refractivity contribution in [2.45, 2.75) is 24.7 Å². The Morgan fingerprint density at radius 1 is 1.36 bits per heavy atom. The molecule has 0 heterocycles. The summed E-state index contributed by atoms with van der Waals surface area (Å²) in [5.74, 6) is 1.02. The van der Waals surface area contributed by atoms with Gasteiger partial charge < -0.3 is 10.8 Å². The average Bonchev–Trinajstić information content (AvgIpc) is 2.19. The molecule has 0 atom stereocenters. The minimum absolute atomic E-state index is 0.282. The Balaban J connectivity index is 2.46. The van der Waals surface area contributed by atoms with Crippen LogP contribution in [0.4, 0.5) is 5.69 Å². The summed E-state index contributed by atoms with van der Waals surface area (Å²) >= 11 is 1.77. The molecule has 2 nitrogen and oxygen atoms in total. The Morgan fingerprint density at radius 3 is 2.86 bits per heavy atom. The zero-order valence-corrected chi connectivity index (χ0v) is 9.31. The second-order valence-corrected chi connectivity index (χ2v) is 4.40. The number of nitrogen functional groups attached to an aromatic ring is 1. The number of hydrogen-bond donors (Lipinski definition) is 2. The fourth-order valence-electron chi connectivity index (χ4n) is 1.18. The molecule has 0 fully saturated rings. The van der Waals surface area contributed by atoms with Gasteiger partial charge in [-0.25, -0.2) is 0 Å². The van der Waals surface area contributed by atoms with E-state index in [1.165, 1.54) is 0 Å². The summed E-state index contributed by atoms with van der Waals surface area (Å²) in [6.45, 7) is 2.30. The fourth-order valence-corrected chi connectivity index (χ4v) is 2.24. The summed E-state index contributed by atoms with van der Waals surface area (Å²) in [5, 5.41) is 8.63. The maximum absolute atomic E-state index is 8.63. The molecule has 0 aliphatic rings. The summed E-state index contributed by atoms with van der Waals surface area (Å²) in [5.41, 5.74) is 7.95. The van der Waals surface area contributed by atoms with E-state index < -0.39 is 0 Å². The number of rotatable bonds is 5.